The van der Waals surface area contributed by atoms with E-state index in [-0.39, 0.29) is 23.8 Å². The van der Waals surface area contributed by atoms with Crippen LogP contribution in [0.3, 0.4) is 0 Å². The number of aliphatic hydroxyl groups excluding tert-OH is 1. The number of nitrogens with one attached hydrogen (secondary N) is 1. The van der Waals surface area contributed by atoms with E-state index in [0.717, 1.165) is 25.0 Å². The molecule has 1 aliphatic rings. The Morgan fingerprint density at radius 2 is 2.50 bits per heavy atom. The predicted octanol–water partition coefficient (Wildman–Crippen LogP) is 1.42. The normalized spacial score (nSPS) is 24.3. The standard InChI is InChI=1S/C9H17NO2S2/c1-2-7(6-11)10-9(12)8-4-3-5-13-14-8/h7-8,11H,2-6H2,1H3,(H,10,12). The molecule has 1 rings (SSSR count). The van der Waals surface area contributed by atoms with E-state index in [9.17, 15) is 4.79 Å². The predicted molar refractivity (Wildman–Crippen MR) is 62.4 cm³/mol. The number of carbonyl (C=O) groups excluding carboxylic acids is 1. The molecule has 2 atom stereocenters. The molecule has 0 aromatic heterocycles. The zero-order chi connectivity index (χ0) is 10.4. The maximum absolute atomic E-state index is 11.7. The zero-order valence-electron chi connectivity index (χ0n) is 8.36. The molecule has 1 heterocycles. The van der Waals surface area contributed by atoms with Gasteiger partial charge in [-0.15, -0.1) is 0 Å². The third kappa shape index (κ3) is 3.71. The largest absolute Gasteiger partial charge is 0.394 e. The molecule has 0 aliphatic carbocycles. The first kappa shape index (κ1) is 12.2. The number of carbonyl (C=O) groups is 1. The van der Waals surface area contributed by atoms with Crippen LogP contribution in [-0.4, -0.2) is 34.7 Å². The van der Waals surface area contributed by atoms with Crippen molar-refractivity contribution in [3.8, 4) is 0 Å². The third-order valence-corrected chi connectivity index (χ3v) is 5.11. The minimum Gasteiger partial charge on any atom is -0.394 e. The van der Waals surface area contributed by atoms with E-state index in [1.807, 2.05) is 6.92 Å². The van der Waals surface area contributed by atoms with Gasteiger partial charge in [0.1, 0.15) is 0 Å². The summed E-state index contributed by atoms with van der Waals surface area (Å²) in [6.45, 7) is 2.00. The molecule has 0 bridgehead atoms. The van der Waals surface area contributed by atoms with Gasteiger partial charge in [0.2, 0.25) is 5.91 Å². The van der Waals surface area contributed by atoms with E-state index in [0.29, 0.717) is 0 Å². The second-order valence-electron chi connectivity index (χ2n) is 3.35. The summed E-state index contributed by atoms with van der Waals surface area (Å²) in [5.74, 6) is 1.23. The number of hydrogen-bond donors (Lipinski definition) is 2. The molecule has 1 aliphatic heterocycles. The van der Waals surface area contributed by atoms with Crippen LogP contribution < -0.4 is 5.32 Å². The van der Waals surface area contributed by atoms with Crippen LogP contribution in [0.4, 0.5) is 0 Å². The summed E-state index contributed by atoms with van der Waals surface area (Å²) in [6.07, 6.45) is 2.86. The summed E-state index contributed by atoms with van der Waals surface area (Å²) in [5.41, 5.74) is 0. The molecule has 14 heavy (non-hydrogen) atoms. The fourth-order valence-electron chi connectivity index (χ4n) is 1.25. The summed E-state index contributed by atoms with van der Waals surface area (Å²) < 4.78 is 0. The van der Waals surface area contributed by atoms with Gasteiger partial charge in [-0.05, 0) is 19.3 Å². The van der Waals surface area contributed by atoms with Crippen LogP contribution in [0.2, 0.25) is 0 Å². The maximum atomic E-state index is 11.7. The lowest BCUT2D eigenvalue weighted by atomic mass is 10.2. The minimum atomic E-state index is -0.0740. The first-order valence-corrected chi connectivity index (χ1v) is 7.35. The first-order valence-electron chi connectivity index (χ1n) is 4.97. The number of rotatable bonds is 4. The Balaban J connectivity index is 2.32. The lowest BCUT2D eigenvalue weighted by molar-refractivity contribution is -0.121. The Labute approximate surface area is 92.8 Å². The molecular weight excluding hydrogens is 218 g/mol. The molecule has 2 N–H and O–H groups in total. The Morgan fingerprint density at radius 1 is 1.71 bits per heavy atom. The molecule has 0 spiro atoms. The quantitative estimate of drug-likeness (QED) is 0.724. The summed E-state index contributed by atoms with van der Waals surface area (Å²) in [5, 5.41) is 11.9. The SMILES string of the molecule is CCC(CO)NC(=O)C1CCCSS1. The molecule has 2 unspecified atom stereocenters. The van der Waals surface area contributed by atoms with Gasteiger partial charge in [-0.3, -0.25) is 4.79 Å². The van der Waals surface area contributed by atoms with E-state index in [1.54, 1.807) is 21.6 Å². The van der Waals surface area contributed by atoms with Crippen molar-refractivity contribution in [3.05, 3.63) is 0 Å². The van der Waals surface area contributed by atoms with E-state index >= 15 is 0 Å². The summed E-state index contributed by atoms with van der Waals surface area (Å²) in [6, 6.07) is -0.0740. The van der Waals surface area contributed by atoms with Crippen molar-refractivity contribution in [3.63, 3.8) is 0 Å². The lowest BCUT2D eigenvalue weighted by Gasteiger charge is -2.22. The second kappa shape index (κ2) is 6.58. The Morgan fingerprint density at radius 3 is 3.00 bits per heavy atom. The van der Waals surface area contributed by atoms with Gasteiger partial charge < -0.3 is 10.4 Å². The Kier molecular flexibility index (Phi) is 5.74. The van der Waals surface area contributed by atoms with Crippen LogP contribution in [0.1, 0.15) is 26.2 Å². The van der Waals surface area contributed by atoms with Gasteiger partial charge in [0.05, 0.1) is 17.9 Å². The van der Waals surface area contributed by atoms with Crippen molar-refractivity contribution in [2.45, 2.75) is 37.5 Å². The summed E-state index contributed by atoms with van der Waals surface area (Å²) in [4.78, 5) is 11.7. The van der Waals surface area contributed by atoms with Crippen molar-refractivity contribution in [1.29, 1.82) is 0 Å². The van der Waals surface area contributed by atoms with Crippen LogP contribution in [-0.2, 0) is 4.79 Å². The van der Waals surface area contributed by atoms with Gasteiger partial charge in [0, 0.05) is 5.75 Å². The average molecular weight is 235 g/mol. The highest BCUT2D eigenvalue weighted by Gasteiger charge is 2.23. The molecule has 0 saturated carbocycles. The Hall–Kier alpha value is 0.130. The number of aliphatic hydroxyl groups is 1. The summed E-state index contributed by atoms with van der Waals surface area (Å²) >= 11 is 0. The fourth-order valence-corrected chi connectivity index (χ4v) is 3.90. The van der Waals surface area contributed by atoms with E-state index in [2.05, 4.69) is 5.32 Å². The highest BCUT2D eigenvalue weighted by molar-refractivity contribution is 8.77. The molecular formula is C9H17NO2S2. The molecule has 82 valence electrons. The van der Waals surface area contributed by atoms with E-state index in [1.165, 1.54) is 0 Å². The molecule has 0 aromatic carbocycles. The van der Waals surface area contributed by atoms with Crippen LogP contribution in [0, 0.1) is 0 Å². The topological polar surface area (TPSA) is 49.3 Å². The number of amides is 1. The van der Waals surface area contributed by atoms with Crippen molar-refractivity contribution >= 4 is 27.5 Å². The van der Waals surface area contributed by atoms with Crippen molar-refractivity contribution in [2.24, 2.45) is 0 Å². The van der Waals surface area contributed by atoms with Crippen LogP contribution >= 0.6 is 21.6 Å². The number of hydrogen-bond acceptors (Lipinski definition) is 4. The molecule has 1 fully saturated rings. The van der Waals surface area contributed by atoms with Crippen LogP contribution in [0.25, 0.3) is 0 Å². The van der Waals surface area contributed by atoms with Gasteiger partial charge in [-0.2, -0.15) is 0 Å². The molecule has 0 aromatic rings. The second-order valence-corrected chi connectivity index (χ2v) is 6.04. The fraction of sp³-hybridized carbons (Fsp3) is 0.889. The first-order chi connectivity index (χ1) is 6.77. The van der Waals surface area contributed by atoms with Gasteiger partial charge in [0.25, 0.3) is 0 Å². The zero-order valence-corrected chi connectivity index (χ0v) is 10.00. The molecule has 5 heteroatoms. The van der Waals surface area contributed by atoms with Gasteiger partial charge in [0.15, 0.2) is 0 Å². The van der Waals surface area contributed by atoms with Crippen molar-refractivity contribution < 1.29 is 9.90 Å². The summed E-state index contributed by atoms with van der Waals surface area (Å²) in [7, 11) is 3.42. The van der Waals surface area contributed by atoms with Gasteiger partial charge in [-0.25, -0.2) is 0 Å². The van der Waals surface area contributed by atoms with Crippen LogP contribution in [0.15, 0.2) is 0 Å². The molecule has 1 amide bonds. The van der Waals surface area contributed by atoms with Crippen molar-refractivity contribution in [1.82, 2.24) is 5.32 Å². The highest BCUT2D eigenvalue weighted by atomic mass is 33.1. The Bertz CT molecular complexity index is 180. The van der Waals surface area contributed by atoms with Crippen molar-refractivity contribution in [2.75, 3.05) is 12.4 Å². The minimum absolute atomic E-state index is 0.0345. The highest BCUT2D eigenvalue weighted by Crippen LogP contribution is 2.35. The van der Waals surface area contributed by atoms with Gasteiger partial charge >= 0.3 is 0 Å². The molecule has 1 saturated heterocycles. The van der Waals surface area contributed by atoms with E-state index in [4.69, 9.17) is 5.11 Å². The lowest BCUT2D eigenvalue weighted by Crippen LogP contribution is -2.42. The van der Waals surface area contributed by atoms with Crippen LogP contribution in [0.5, 0.6) is 0 Å². The average Bonchev–Trinajstić information content (AvgIpc) is 2.26. The van der Waals surface area contributed by atoms with Gasteiger partial charge in [-0.1, -0.05) is 28.5 Å². The van der Waals surface area contributed by atoms with E-state index < -0.39 is 0 Å². The molecule has 0 radical (unpaired) electrons. The molecule has 3 nitrogen and oxygen atoms in total. The maximum Gasteiger partial charge on any atom is 0.234 e. The third-order valence-electron chi connectivity index (χ3n) is 2.23. The smallest absolute Gasteiger partial charge is 0.234 e. The monoisotopic (exact) mass is 235 g/mol.